The summed E-state index contributed by atoms with van der Waals surface area (Å²) in [5.41, 5.74) is 1.87. The van der Waals surface area contributed by atoms with Gasteiger partial charge in [0.1, 0.15) is 6.04 Å². The number of aromatic nitrogens is 2. The van der Waals surface area contributed by atoms with E-state index in [1.165, 1.54) is 0 Å². The van der Waals surface area contributed by atoms with Crippen LogP contribution in [0.15, 0.2) is 30.6 Å². The summed E-state index contributed by atoms with van der Waals surface area (Å²) in [6, 6.07) is 7.48. The largest absolute Gasteiger partial charge is 0.394 e. The van der Waals surface area contributed by atoms with Crippen molar-refractivity contribution in [2.75, 3.05) is 13.2 Å². The maximum Gasteiger partial charge on any atom is 0.245 e. The lowest BCUT2D eigenvalue weighted by Gasteiger charge is -2.36. The molecular weight excluding hydrogens is 266 g/mol. The van der Waals surface area contributed by atoms with Gasteiger partial charge in [-0.15, -0.1) is 0 Å². The lowest BCUT2D eigenvalue weighted by atomic mass is 10.0. The molecule has 1 saturated heterocycles. The number of para-hydroxylation sites is 2. The van der Waals surface area contributed by atoms with Crippen molar-refractivity contribution in [2.45, 2.75) is 38.3 Å². The highest BCUT2D eigenvalue weighted by molar-refractivity contribution is 5.84. The highest BCUT2D eigenvalue weighted by Crippen LogP contribution is 2.23. The molecule has 112 valence electrons. The number of hydrogen-bond donors (Lipinski definition) is 1. The van der Waals surface area contributed by atoms with E-state index in [1.54, 1.807) is 6.33 Å². The summed E-state index contributed by atoms with van der Waals surface area (Å²) < 4.78 is 1.92. The van der Waals surface area contributed by atoms with Gasteiger partial charge in [-0.25, -0.2) is 4.98 Å². The number of piperidine rings is 1. The molecule has 2 aromatic rings. The summed E-state index contributed by atoms with van der Waals surface area (Å²) in [7, 11) is 0. The van der Waals surface area contributed by atoms with E-state index >= 15 is 0 Å². The number of carbonyl (C=O) groups is 1. The predicted octanol–water partition coefficient (Wildman–Crippen LogP) is 1.97. The molecule has 0 radical (unpaired) electrons. The van der Waals surface area contributed by atoms with Gasteiger partial charge in [0.15, 0.2) is 0 Å². The van der Waals surface area contributed by atoms with Crippen LogP contribution in [0.25, 0.3) is 11.0 Å². The van der Waals surface area contributed by atoms with Crippen LogP contribution in [0.3, 0.4) is 0 Å². The van der Waals surface area contributed by atoms with Crippen LogP contribution in [0.5, 0.6) is 0 Å². The van der Waals surface area contributed by atoms with Crippen LogP contribution >= 0.6 is 0 Å². The Labute approximate surface area is 124 Å². The Bertz CT molecular complexity index is 637. The molecule has 2 heterocycles. The lowest BCUT2D eigenvalue weighted by Crippen LogP contribution is -2.48. The first-order chi connectivity index (χ1) is 10.2. The summed E-state index contributed by atoms with van der Waals surface area (Å²) in [6.45, 7) is 2.68. The molecule has 2 unspecified atom stereocenters. The number of amides is 1. The second-order valence-electron chi connectivity index (χ2n) is 5.68. The van der Waals surface area contributed by atoms with Crippen LogP contribution in [-0.2, 0) is 4.79 Å². The van der Waals surface area contributed by atoms with E-state index in [4.69, 9.17) is 0 Å². The zero-order valence-corrected chi connectivity index (χ0v) is 12.3. The molecule has 21 heavy (non-hydrogen) atoms. The van der Waals surface area contributed by atoms with Gasteiger partial charge in [0.25, 0.3) is 0 Å². The lowest BCUT2D eigenvalue weighted by molar-refractivity contribution is -0.139. The molecule has 3 rings (SSSR count). The summed E-state index contributed by atoms with van der Waals surface area (Å²) in [5.74, 6) is 0.0666. The monoisotopic (exact) mass is 287 g/mol. The van der Waals surface area contributed by atoms with Gasteiger partial charge in [-0.05, 0) is 38.3 Å². The zero-order chi connectivity index (χ0) is 14.8. The second-order valence-corrected chi connectivity index (χ2v) is 5.68. The smallest absolute Gasteiger partial charge is 0.245 e. The maximum absolute atomic E-state index is 12.8. The fourth-order valence-corrected chi connectivity index (χ4v) is 3.13. The van der Waals surface area contributed by atoms with Crippen molar-refractivity contribution < 1.29 is 9.90 Å². The van der Waals surface area contributed by atoms with Crippen LogP contribution in [0, 0.1) is 0 Å². The first-order valence-corrected chi connectivity index (χ1v) is 7.55. The van der Waals surface area contributed by atoms with E-state index < -0.39 is 0 Å². The molecule has 0 spiro atoms. The first-order valence-electron chi connectivity index (χ1n) is 7.55. The second kappa shape index (κ2) is 5.85. The van der Waals surface area contributed by atoms with Crippen molar-refractivity contribution >= 4 is 16.9 Å². The molecular formula is C16H21N3O2. The molecule has 1 fully saturated rings. The Morgan fingerprint density at radius 1 is 1.43 bits per heavy atom. The summed E-state index contributed by atoms with van der Waals surface area (Å²) in [6.07, 6.45) is 4.71. The van der Waals surface area contributed by atoms with Crippen molar-refractivity contribution in [3.63, 3.8) is 0 Å². The number of benzene rings is 1. The highest BCUT2D eigenvalue weighted by Gasteiger charge is 2.30. The molecule has 0 bridgehead atoms. The zero-order valence-electron chi connectivity index (χ0n) is 12.3. The fraction of sp³-hybridized carbons (Fsp3) is 0.500. The number of fused-ring (bicyclic) bond motifs is 1. The van der Waals surface area contributed by atoms with Crippen molar-refractivity contribution in [3.8, 4) is 0 Å². The molecule has 1 aliphatic rings. The number of nitrogens with zero attached hydrogens (tertiary/aromatic N) is 3. The van der Waals surface area contributed by atoms with Gasteiger partial charge in [-0.1, -0.05) is 12.1 Å². The number of aliphatic hydroxyl groups is 1. The van der Waals surface area contributed by atoms with E-state index in [0.717, 1.165) is 36.8 Å². The van der Waals surface area contributed by atoms with Crippen LogP contribution in [0.1, 0.15) is 32.2 Å². The minimum absolute atomic E-state index is 0.0384. The molecule has 5 nitrogen and oxygen atoms in total. The van der Waals surface area contributed by atoms with E-state index in [9.17, 15) is 9.90 Å². The Morgan fingerprint density at radius 3 is 3.05 bits per heavy atom. The number of carbonyl (C=O) groups excluding carboxylic acids is 1. The first kappa shape index (κ1) is 14.1. The van der Waals surface area contributed by atoms with E-state index in [2.05, 4.69) is 4.98 Å². The van der Waals surface area contributed by atoms with Crippen molar-refractivity contribution in [1.82, 2.24) is 14.5 Å². The van der Waals surface area contributed by atoms with Crippen LogP contribution in [0.4, 0.5) is 0 Å². The van der Waals surface area contributed by atoms with Gasteiger partial charge in [0.2, 0.25) is 5.91 Å². The molecule has 2 atom stereocenters. The number of hydrogen-bond acceptors (Lipinski definition) is 3. The van der Waals surface area contributed by atoms with Gasteiger partial charge in [0.05, 0.1) is 30.0 Å². The summed E-state index contributed by atoms with van der Waals surface area (Å²) >= 11 is 0. The van der Waals surface area contributed by atoms with Gasteiger partial charge in [-0.3, -0.25) is 4.79 Å². The molecule has 0 aliphatic carbocycles. The molecule has 1 N–H and O–H groups in total. The minimum Gasteiger partial charge on any atom is -0.394 e. The molecule has 0 saturated carbocycles. The minimum atomic E-state index is -0.301. The molecule has 1 aromatic heterocycles. The van der Waals surface area contributed by atoms with E-state index in [-0.39, 0.29) is 24.6 Å². The average Bonchev–Trinajstić information content (AvgIpc) is 2.97. The third-order valence-electron chi connectivity index (χ3n) is 4.38. The standard InChI is InChI=1S/C16H21N3O2/c1-12(16(21)18-9-5-4-6-13(18)10-20)19-11-17-14-7-2-3-8-15(14)19/h2-3,7-8,11-13,20H,4-6,9-10H2,1H3. The molecule has 1 aromatic carbocycles. The number of aliphatic hydroxyl groups excluding tert-OH is 1. The van der Waals surface area contributed by atoms with Gasteiger partial charge >= 0.3 is 0 Å². The Balaban J connectivity index is 1.87. The van der Waals surface area contributed by atoms with Crippen LogP contribution < -0.4 is 0 Å². The van der Waals surface area contributed by atoms with Crippen LogP contribution in [0.2, 0.25) is 0 Å². The quantitative estimate of drug-likeness (QED) is 0.939. The number of rotatable bonds is 3. The predicted molar refractivity (Wildman–Crippen MR) is 80.9 cm³/mol. The normalized spacial score (nSPS) is 20.7. The topological polar surface area (TPSA) is 58.4 Å². The van der Waals surface area contributed by atoms with Crippen LogP contribution in [-0.4, -0.2) is 44.7 Å². The van der Waals surface area contributed by atoms with Gasteiger partial charge in [-0.2, -0.15) is 0 Å². The fourth-order valence-electron chi connectivity index (χ4n) is 3.13. The summed E-state index contributed by atoms with van der Waals surface area (Å²) in [4.78, 5) is 19.0. The molecule has 1 amide bonds. The Kier molecular flexibility index (Phi) is 3.92. The summed E-state index contributed by atoms with van der Waals surface area (Å²) in [5, 5.41) is 9.48. The van der Waals surface area contributed by atoms with E-state index in [0.29, 0.717) is 0 Å². The molecule has 1 aliphatic heterocycles. The van der Waals surface area contributed by atoms with Crippen molar-refractivity contribution in [1.29, 1.82) is 0 Å². The van der Waals surface area contributed by atoms with E-state index in [1.807, 2.05) is 40.7 Å². The Hall–Kier alpha value is -1.88. The SMILES string of the molecule is CC(C(=O)N1CCCCC1CO)n1cnc2ccccc21. The number of likely N-dealkylation sites (tertiary alicyclic amines) is 1. The van der Waals surface area contributed by atoms with Gasteiger partial charge < -0.3 is 14.6 Å². The maximum atomic E-state index is 12.8. The number of imidazole rings is 1. The van der Waals surface area contributed by atoms with Crippen molar-refractivity contribution in [2.24, 2.45) is 0 Å². The van der Waals surface area contributed by atoms with Crippen molar-refractivity contribution in [3.05, 3.63) is 30.6 Å². The third-order valence-corrected chi connectivity index (χ3v) is 4.38. The molecule has 5 heteroatoms. The Morgan fingerprint density at radius 2 is 2.24 bits per heavy atom. The highest BCUT2D eigenvalue weighted by atomic mass is 16.3. The third kappa shape index (κ3) is 2.53. The average molecular weight is 287 g/mol. The van der Waals surface area contributed by atoms with Gasteiger partial charge in [0, 0.05) is 6.54 Å².